The van der Waals surface area contributed by atoms with Crippen molar-refractivity contribution in [1.82, 2.24) is 20.4 Å². The number of nitrogens with zero attached hydrogens (tertiary/aromatic N) is 4. The highest BCUT2D eigenvalue weighted by atomic mass is 16.5. The normalized spacial score (nSPS) is 10.8. The van der Waals surface area contributed by atoms with Crippen LogP contribution in [-0.2, 0) is 9.59 Å². The molecule has 0 aliphatic carbocycles. The Morgan fingerprint density at radius 2 is 0.980 bits per heavy atom. The second kappa shape index (κ2) is 14.4. The summed E-state index contributed by atoms with van der Waals surface area (Å²) in [7, 11) is 1.55. The smallest absolute Gasteiger partial charge is 0.310 e. The molecule has 246 valence electrons. The van der Waals surface area contributed by atoms with Gasteiger partial charge in [-0.05, 0) is 91.0 Å². The van der Waals surface area contributed by atoms with Gasteiger partial charge in [0.15, 0.2) is 0 Å². The lowest BCUT2D eigenvalue weighted by Crippen LogP contribution is -2.12. The molecule has 0 aliphatic heterocycles. The average molecular weight is 660 g/mol. The van der Waals surface area contributed by atoms with Crippen LogP contribution in [0, 0.1) is 0 Å². The fourth-order valence-electron chi connectivity index (χ4n) is 4.54. The Morgan fingerprint density at radius 1 is 0.571 bits per heavy atom. The summed E-state index contributed by atoms with van der Waals surface area (Å²) in [6.45, 7) is 3.43. The number of hydrogen-bond donors (Lipinski definition) is 1. The highest BCUT2D eigenvalue weighted by Gasteiger charge is 2.18. The molecule has 49 heavy (non-hydrogen) atoms. The van der Waals surface area contributed by atoms with E-state index in [1.165, 1.54) is 0 Å². The maximum Gasteiger partial charge on any atom is 0.310 e. The molecule has 0 aliphatic rings. The molecule has 0 atom stereocenters. The van der Waals surface area contributed by atoms with Gasteiger partial charge < -0.3 is 28.4 Å². The number of ether oxygens (including phenoxy) is 3. The van der Waals surface area contributed by atoms with E-state index in [2.05, 4.69) is 25.7 Å². The summed E-state index contributed by atoms with van der Waals surface area (Å²) in [5.41, 5.74) is 2.96. The number of amides is 1. The van der Waals surface area contributed by atoms with E-state index in [4.69, 9.17) is 23.0 Å². The molecule has 1 N–H and O–H groups in total. The molecule has 0 bridgehead atoms. The lowest BCUT2D eigenvalue weighted by molar-refractivity contribution is -0.134. The zero-order valence-corrected chi connectivity index (χ0v) is 26.6. The first kappa shape index (κ1) is 32.3. The monoisotopic (exact) mass is 659 g/mol. The number of rotatable bonds is 11. The van der Waals surface area contributed by atoms with Crippen molar-refractivity contribution >= 4 is 23.5 Å². The number of esters is 2. The van der Waals surface area contributed by atoms with Crippen molar-refractivity contribution in [3.05, 3.63) is 96.6 Å². The molecule has 2 aromatic heterocycles. The first-order chi connectivity index (χ1) is 23.8. The molecule has 0 saturated carbocycles. The number of hydrogen-bond acceptors (Lipinski definition) is 12. The Hall–Kier alpha value is -6.63. The Bertz CT molecular complexity index is 1990. The molecule has 13 nitrogen and oxygen atoms in total. The van der Waals surface area contributed by atoms with Crippen molar-refractivity contribution in [3.63, 3.8) is 0 Å². The van der Waals surface area contributed by atoms with Gasteiger partial charge in [-0.1, -0.05) is 13.8 Å². The van der Waals surface area contributed by atoms with Gasteiger partial charge in [-0.15, -0.1) is 20.4 Å². The topological polar surface area (TPSA) is 169 Å². The molecule has 0 spiro atoms. The summed E-state index contributed by atoms with van der Waals surface area (Å²) in [6.07, 6.45) is 0.512. The zero-order chi connectivity index (χ0) is 34.3. The summed E-state index contributed by atoms with van der Waals surface area (Å²) in [5, 5.41) is 19.8. The minimum atomic E-state index is -0.365. The molecular formula is C36H29N5O8. The first-order valence-corrected chi connectivity index (χ1v) is 15.2. The molecule has 0 fully saturated rings. The van der Waals surface area contributed by atoms with E-state index in [0.29, 0.717) is 50.8 Å². The van der Waals surface area contributed by atoms with Gasteiger partial charge in [-0.25, -0.2) is 0 Å². The van der Waals surface area contributed by atoms with Crippen molar-refractivity contribution in [2.45, 2.75) is 26.7 Å². The number of carbonyl (C=O) groups excluding carboxylic acids is 3. The quantitative estimate of drug-likeness (QED) is 0.112. The highest BCUT2D eigenvalue weighted by Crippen LogP contribution is 2.33. The summed E-state index contributed by atoms with van der Waals surface area (Å²) in [6, 6.07) is 25.1. The molecule has 6 rings (SSSR count). The number of aromatic nitrogens is 4. The largest absolute Gasteiger partial charge is 0.497 e. The third-order valence-electron chi connectivity index (χ3n) is 7.13. The molecule has 13 heteroatoms. The lowest BCUT2D eigenvalue weighted by atomic mass is 10.1. The van der Waals surface area contributed by atoms with Crippen LogP contribution in [0.3, 0.4) is 0 Å². The summed E-state index contributed by atoms with van der Waals surface area (Å²) in [4.78, 5) is 36.5. The van der Waals surface area contributed by atoms with Crippen LogP contribution in [0.25, 0.3) is 45.8 Å². The fourth-order valence-corrected chi connectivity index (χ4v) is 4.54. The van der Waals surface area contributed by atoms with Gasteiger partial charge in [0.1, 0.15) is 17.2 Å². The Labute approximate surface area is 279 Å². The third-order valence-corrected chi connectivity index (χ3v) is 7.13. The van der Waals surface area contributed by atoms with Crippen LogP contribution in [0.5, 0.6) is 17.2 Å². The van der Waals surface area contributed by atoms with Gasteiger partial charge in [-0.2, -0.15) is 0 Å². The number of anilines is 1. The highest BCUT2D eigenvalue weighted by molar-refractivity contribution is 6.04. The van der Waals surface area contributed by atoms with E-state index in [0.717, 1.165) is 0 Å². The van der Waals surface area contributed by atoms with Crippen LogP contribution in [-0.4, -0.2) is 45.4 Å². The number of benzene rings is 4. The van der Waals surface area contributed by atoms with Crippen LogP contribution in [0.2, 0.25) is 0 Å². The average Bonchev–Trinajstić information content (AvgIpc) is 3.84. The third kappa shape index (κ3) is 7.68. The van der Waals surface area contributed by atoms with E-state index in [1.807, 2.05) is 0 Å². The Balaban J connectivity index is 1.31. The van der Waals surface area contributed by atoms with Gasteiger partial charge in [0.25, 0.3) is 5.91 Å². The van der Waals surface area contributed by atoms with Crippen molar-refractivity contribution in [3.8, 4) is 63.1 Å². The van der Waals surface area contributed by atoms with Gasteiger partial charge in [0, 0.05) is 46.3 Å². The minimum Gasteiger partial charge on any atom is -0.497 e. The van der Waals surface area contributed by atoms with Crippen molar-refractivity contribution in [2.75, 3.05) is 12.4 Å². The first-order valence-electron chi connectivity index (χ1n) is 15.2. The molecule has 0 radical (unpaired) electrons. The fraction of sp³-hybridized carbons (Fsp3) is 0.139. The SMILES string of the molecule is CCC(=O)Oc1ccc(-c2nnc(-c3cc(NC(=O)c4ccc(OC)cc4)cc(-c4nnc(-c5ccc(OC(=O)CC)cc5)o4)c3)o2)cc1. The van der Waals surface area contributed by atoms with Crippen molar-refractivity contribution < 1.29 is 37.4 Å². The van der Waals surface area contributed by atoms with Crippen molar-refractivity contribution in [1.29, 1.82) is 0 Å². The van der Waals surface area contributed by atoms with Crippen LogP contribution in [0.1, 0.15) is 37.0 Å². The maximum atomic E-state index is 13.2. The summed E-state index contributed by atoms with van der Waals surface area (Å²) < 4.78 is 27.7. The van der Waals surface area contributed by atoms with E-state index in [-0.39, 0.29) is 54.3 Å². The Morgan fingerprint density at radius 3 is 1.39 bits per heavy atom. The summed E-state index contributed by atoms with van der Waals surface area (Å²) >= 11 is 0. The van der Waals surface area contributed by atoms with Crippen LogP contribution in [0.4, 0.5) is 5.69 Å². The van der Waals surface area contributed by atoms with E-state index in [9.17, 15) is 14.4 Å². The second-order valence-electron chi connectivity index (χ2n) is 10.5. The predicted molar refractivity (Wildman–Crippen MR) is 177 cm³/mol. The number of nitrogens with one attached hydrogen (secondary N) is 1. The standard InChI is InChI=1S/C36H29N5O8/c1-4-30(42)46-28-14-8-22(9-15-28)33-38-40-35(48-33)24-18-25(20-26(19-24)37-32(44)21-6-12-27(45-3)13-7-21)36-41-39-34(49-36)23-10-16-29(17-11-23)47-31(43)5-2/h6-20H,4-5H2,1-3H3,(H,37,44). The van der Waals surface area contributed by atoms with Gasteiger partial charge >= 0.3 is 11.9 Å². The van der Waals surface area contributed by atoms with Gasteiger partial charge in [0.2, 0.25) is 23.6 Å². The maximum absolute atomic E-state index is 13.2. The molecule has 0 unspecified atom stereocenters. The predicted octanol–water partition coefficient (Wildman–Crippen LogP) is 7.01. The van der Waals surface area contributed by atoms with Crippen LogP contribution in [0.15, 0.2) is 99.8 Å². The Kier molecular flexibility index (Phi) is 9.51. The molecule has 2 heterocycles. The molecule has 6 aromatic rings. The lowest BCUT2D eigenvalue weighted by Gasteiger charge is -2.09. The second-order valence-corrected chi connectivity index (χ2v) is 10.5. The molecule has 1 amide bonds. The van der Waals surface area contributed by atoms with E-state index in [1.54, 1.807) is 112 Å². The molecule has 4 aromatic carbocycles. The van der Waals surface area contributed by atoms with E-state index >= 15 is 0 Å². The zero-order valence-electron chi connectivity index (χ0n) is 26.6. The van der Waals surface area contributed by atoms with Gasteiger partial charge in [-0.3, -0.25) is 14.4 Å². The van der Waals surface area contributed by atoms with Gasteiger partial charge in [0.05, 0.1) is 7.11 Å². The molecule has 0 saturated heterocycles. The van der Waals surface area contributed by atoms with Crippen LogP contribution >= 0.6 is 0 Å². The number of carbonyl (C=O) groups is 3. The van der Waals surface area contributed by atoms with Crippen molar-refractivity contribution in [2.24, 2.45) is 0 Å². The molecular weight excluding hydrogens is 630 g/mol. The van der Waals surface area contributed by atoms with E-state index < -0.39 is 0 Å². The minimum absolute atomic E-state index is 0.162. The number of methoxy groups -OCH3 is 1. The summed E-state index contributed by atoms with van der Waals surface area (Å²) in [5.74, 6) is 1.14. The van der Waals surface area contributed by atoms with Crippen LogP contribution < -0.4 is 19.5 Å².